The maximum absolute atomic E-state index is 14.2. The van der Waals surface area contributed by atoms with Crippen LogP contribution in [-0.4, -0.2) is 71.4 Å². The molecule has 2 heterocycles. The van der Waals surface area contributed by atoms with Gasteiger partial charge in [-0.15, -0.1) is 0 Å². The Morgan fingerprint density at radius 1 is 0.955 bits per heavy atom. The third-order valence-corrected chi connectivity index (χ3v) is 6.61. The molecule has 0 fully saturated rings. The van der Waals surface area contributed by atoms with E-state index in [1.165, 1.54) is 31.2 Å². The molecule has 2 amide bonds. The lowest BCUT2D eigenvalue weighted by molar-refractivity contribution is -0.384. The fourth-order valence-electron chi connectivity index (χ4n) is 4.82. The molecule has 11 nitrogen and oxygen atoms in total. The van der Waals surface area contributed by atoms with Crippen LogP contribution in [0.25, 0.3) is 0 Å². The molecule has 0 aromatic heterocycles. The highest BCUT2D eigenvalue weighted by atomic mass is 19.4. The first kappa shape index (κ1) is 31.8. The van der Waals surface area contributed by atoms with E-state index in [0.29, 0.717) is 11.0 Å². The second-order valence-corrected chi connectivity index (χ2v) is 9.26. The number of nitro groups is 1. The number of carbonyl (C=O) groups excluding carboxylic acids is 4. The minimum absolute atomic E-state index is 0.0233. The standard InChI is InChI=1S/C27H19F6N3O8/c1-2-43-24(39)18-17(13-6-5-7-14(12-13)36(41)42)19(21(27(31,32)33)34-20(18)26(28,29)30)25(40)44-11-10-35-22(37)15-8-3-4-9-16(15)23(35)38/h3-9,12,17-18H,2,10-11H2,1H3. The zero-order valence-corrected chi connectivity index (χ0v) is 22.3. The van der Waals surface area contributed by atoms with E-state index < -0.39 is 101 Å². The summed E-state index contributed by atoms with van der Waals surface area (Å²) in [5.74, 6) is -10.4. The number of halogens is 6. The predicted molar refractivity (Wildman–Crippen MR) is 135 cm³/mol. The van der Waals surface area contributed by atoms with Gasteiger partial charge in [-0.05, 0) is 24.6 Å². The van der Waals surface area contributed by atoms with Gasteiger partial charge in [0.25, 0.3) is 17.5 Å². The minimum atomic E-state index is -5.72. The monoisotopic (exact) mass is 627 g/mol. The van der Waals surface area contributed by atoms with Crippen LogP contribution >= 0.6 is 0 Å². The summed E-state index contributed by atoms with van der Waals surface area (Å²) in [7, 11) is 0. The molecule has 0 N–H and O–H groups in total. The van der Waals surface area contributed by atoms with Gasteiger partial charge in [-0.2, -0.15) is 26.3 Å². The maximum atomic E-state index is 14.2. The summed E-state index contributed by atoms with van der Waals surface area (Å²) in [6.45, 7) is -0.857. The molecule has 0 saturated carbocycles. The van der Waals surface area contributed by atoms with Gasteiger partial charge in [-0.3, -0.25) is 29.4 Å². The van der Waals surface area contributed by atoms with Crippen LogP contribution in [0.1, 0.15) is 39.1 Å². The highest BCUT2D eigenvalue weighted by Gasteiger charge is 2.57. The minimum Gasteiger partial charge on any atom is -0.465 e. The average Bonchev–Trinajstić information content (AvgIpc) is 3.20. The van der Waals surface area contributed by atoms with Gasteiger partial charge < -0.3 is 9.47 Å². The number of benzene rings is 2. The summed E-state index contributed by atoms with van der Waals surface area (Å²) < 4.78 is 94.7. The summed E-state index contributed by atoms with van der Waals surface area (Å²) >= 11 is 0. The number of allylic oxidation sites excluding steroid dienone is 1. The number of imide groups is 1. The number of hydrogen-bond acceptors (Lipinski definition) is 9. The predicted octanol–water partition coefficient (Wildman–Crippen LogP) is 4.53. The van der Waals surface area contributed by atoms with Crippen LogP contribution in [0.3, 0.4) is 0 Å². The van der Waals surface area contributed by atoms with E-state index in [9.17, 15) is 55.6 Å². The normalized spacial score (nSPS) is 18.6. The number of rotatable bonds is 8. The number of alkyl halides is 6. The van der Waals surface area contributed by atoms with Crippen molar-refractivity contribution >= 4 is 35.2 Å². The van der Waals surface area contributed by atoms with Crippen LogP contribution in [0.5, 0.6) is 0 Å². The Morgan fingerprint density at radius 2 is 1.57 bits per heavy atom. The molecule has 4 rings (SSSR count). The largest absolute Gasteiger partial charge is 0.465 e. The molecule has 2 aliphatic heterocycles. The van der Waals surface area contributed by atoms with E-state index in [4.69, 9.17) is 9.47 Å². The third-order valence-electron chi connectivity index (χ3n) is 6.61. The number of fused-ring (bicyclic) bond motifs is 1. The third kappa shape index (κ3) is 6.02. The molecule has 2 aromatic rings. The van der Waals surface area contributed by atoms with Gasteiger partial charge in [-0.1, -0.05) is 24.3 Å². The van der Waals surface area contributed by atoms with E-state index in [1.807, 2.05) is 0 Å². The molecule has 0 radical (unpaired) electrons. The summed E-state index contributed by atoms with van der Waals surface area (Å²) in [6, 6.07) is 8.97. The number of ether oxygens (including phenoxy) is 2. The van der Waals surface area contributed by atoms with Crippen LogP contribution in [0.15, 0.2) is 64.8 Å². The Bertz CT molecular complexity index is 1580. The molecule has 0 aliphatic carbocycles. The van der Waals surface area contributed by atoms with E-state index in [1.54, 1.807) is 0 Å². The number of esters is 2. The molecule has 232 valence electrons. The number of aliphatic imine (C=N–C) groups is 1. The molecular weight excluding hydrogens is 608 g/mol. The molecule has 2 unspecified atom stereocenters. The molecule has 2 aliphatic rings. The van der Waals surface area contributed by atoms with Crippen molar-refractivity contribution in [3.8, 4) is 0 Å². The Labute approximate surface area is 242 Å². The van der Waals surface area contributed by atoms with Gasteiger partial charge in [-0.25, -0.2) is 9.79 Å². The summed E-state index contributed by atoms with van der Waals surface area (Å²) in [5.41, 5.74) is -7.54. The van der Waals surface area contributed by atoms with Crippen molar-refractivity contribution in [2.24, 2.45) is 10.9 Å². The second-order valence-electron chi connectivity index (χ2n) is 9.26. The SMILES string of the molecule is CCOC(=O)C1C(C(F)(F)F)=NC(C(F)(F)F)=C(C(=O)OCCN2C(=O)c3ccccc3C2=O)C1c1cccc([N+](=O)[O-])c1. The van der Waals surface area contributed by atoms with Crippen molar-refractivity contribution in [1.82, 2.24) is 4.90 Å². The Kier molecular flexibility index (Phi) is 8.60. The van der Waals surface area contributed by atoms with E-state index in [-0.39, 0.29) is 11.1 Å². The lowest BCUT2D eigenvalue weighted by Gasteiger charge is -2.34. The molecular formula is C27H19F6N3O8. The number of amides is 2. The average molecular weight is 627 g/mol. The first-order valence-electron chi connectivity index (χ1n) is 12.6. The zero-order valence-electron chi connectivity index (χ0n) is 22.3. The Balaban J connectivity index is 1.81. The van der Waals surface area contributed by atoms with Gasteiger partial charge in [0.05, 0.1) is 34.8 Å². The van der Waals surface area contributed by atoms with Crippen molar-refractivity contribution in [2.45, 2.75) is 25.2 Å². The first-order valence-corrected chi connectivity index (χ1v) is 12.6. The van der Waals surface area contributed by atoms with E-state index in [2.05, 4.69) is 4.99 Å². The molecule has 0 bridgehead atoms. The van der Waals surface area contributed by atoms with Gasteiger partial charge in [0.1, 0.15) is 18.2 Å². The van der Waals surface area contributed by atoms with E-state index >= 15 is 0 Å². The van der Waals surface area contributed by atoms with Crippen LogP contribution in [-0.2, 0) is 19.1 Å². The van der Waals surface area contributed by atoms with Gasteiger partial charge >= 0.3 is 24.3 Å². The van der Waals surface area contributed by atoms with Gasteiger partial charge in [0.2, 0.25) is 0 Å². The van der Waals surface area contributed by atoms with Crippen molar-refractivity contribution in [3.63, 3.8) is 0 Å². The van der Waals surface area contributed by atoms with Crippen LogP contribution in [0.4, 0.5) is 32.0 Å². The molecule has 17 heteroatoms. The Morgan fingerprint density at radius 3 is 2.09 bits per heavy atom. The van der Waals surface area contributed by atoms with Crippen molar-refractivity contribution in [1.29, 1.82) is 0 Å². The smallest absolute Gasteiger partial charge is 0.433 e. The second kappa shape index (κ2) is 11.9. The zero-order chi connectivity index (χ0) is 32.6. The molecule has 0 saturated heterocycles. The number of nitro benzene ring substituents is 1. The van der Waals surface area contributed by atoms with Crippen LogP contribution < -0.4 is 0 Å². The van der Waals surface area contributed by atoms with Crippen LogP contribution in [0.2, 0.25) is 0 Å². The fraction of sp³-hybridized carbons (Fsp3) is 0.296. The topological polar surface area (TPSA) is 145 Å². The number of non-ortho nitro benzene ring substituents is 1. The number of hydrogen-bond donors (Lipinski definition) is 0. The molecule has 44 heavy (non-hydrogen) atoms. The summed E-state index contributed by atoms with van der Waals surface area (Å²) in [4.78, 5) is 65.0. The molecule has 2 atom stereocenters. The molecule has 2 aromatic carbocycles. The van der Waals surface area contributed by atoms with Gasteiger partial charge in [0, 0.05) is 18.1 Å². The Hall–Kier alpha value is -5.09. The van der Waals surface area contributed by atoms with Crippen molar-refractivity contribution in [3.05, 3.63) is 86.6 Å². The number of nitrogens with zero attached hydrogens (tertiary/aromatic N) is 3. The summed E-state index contributed by atoms with van der Waals surface area (Å²) in [6.07, 6.45) is -11.4. The van der Waals surface area contributed by atoms with E-state index in [0.717, 1.165) is 18.2 Å². The van der Waals surface area contributed by atoms with Crippen LogP contribution in [0, 0.1) is 16.0 Å². The highest BCUT2D eigenvalue weighted by Crippen LogP contribution is 2.47. The van der Waals surface area contributed by atoms with Crippen molar-refractivity contribution < 1.29 is 59.9 Å². The highest BCUT2D eigenvalue weighted by molar-refractivity contribution is 6.21. The number of carbonyl (C=O) groups is 4. The molecule has 0 spiro atoms. The fourth-order valence-corrected chi connectivity index (χ4v) is 4.82. The maximum Gasteiger partial charge on any atom is 0.433 e. The first-order chi connectivity index (χ1) is 20.6. The van der Waals surface area contributed by atoms with Gasteiger partial charge in [0.15, 0.2) is 5.70 Å². The lowest BCUT2D eigenvalue weighted by Crippen LogP contribution is -2.45. The summed E-state index contributed by atoms with van der Waals surface area (Å²) in [5, 5.41) is 11.4. The lowest BCUT2D eigenvalue weighted by atomic mass is 9.74. The van der Waals surface area contributed by atoms with Crippen molar-refractivity contribution in [2.75, 3.05) is 19.8 Å². The quantitative estimate of drug-likeness (QED) is 0.137.